The molecular formula is C12H19NO5. The zero-order chi connectivity index (χ0) is 14.0. The van der Waals surface area contributed by atoms with E-state index < -0.39 is 5.97 Å². The highest BCUT2D eigenvalue weighted by molar-refractivity contribution is 5.93. The Morgan fingerprint density at radius 3 is 2.44 bits per heavy atom. The van der Waals surface area contributed by atoms with Crippen molar-refractivity contribution in [3.63, 3.8) is 0 Å². The molecular weight excluding hydrogens is 238 g/mol. The molecule has 0 heterocycles. The van der Waals surface area contributed by atoms with Crippen LogP contribution in [0, 0.1) is 0 Å². The Morgan fingerprint density at radius 1 is 1.28 bits per heavy atom. The molecule has 0 rings (SSSR count). The summed E-state index contributed by atoms with van der Waals surface area (Å²) in [6.45, 7) is 3.22. The second-order valence-electron chi connectivity index (χ2n) is 3.49. The van der Waals surface area contributed by atoms with Crippen LogP contribution in [0.15, 0.2) is 11.8 Å². The van der Waals surface area contributed by atoms with Crippen molar-refractivity contribution in [2.45, 2.75) is 33.1 Å². The maximum atomic E-state index is 11.5. The van der Waals surface area contributed by atoms with E-state index in [1.54, 1.807) is 13.0 Å². The number of ether oxygens (including phenoxy) is 2. The van der Waals surface area contributed by atoms with Crippen molar-refractivity contribution in [2.24, 2.45) is 0 Å². The van der Waals surface area contributed by atoms with Crippen LogP contribution in [0.3, 0.4) is 0 Å². The fourth-order valence-electron chi connectivity index (χ4n) is 1.18. The first kappa shape index (κ1) is 16.1. The van der Waals surface area contributed by atoms with Gasteiger partial charge in [0.05, 0.1) is 13.7 Å². The number of hydrogen-bond donors (Lipinski definition) is 1. The number of carbonyl (C=O) groups is 3. The summed E-state index contributed by atoms with van der Waals surface area (Å²) >= 11 is 0. The highest BCUT2D eigenvalue weighted by Gasteiger charge is 2.11. The molecule has 6 nitrogen and oxygen atoms in total. The molecule has 0 aromatic carbocycles. The molecule has 0 aromatic heterocycles. The Kier molecular flexibility index (Phi) is 8.26. The Bertz CT molecular complexity index is 335. The lowest BCUT2D eigenvalue weighted by Crippen LogP contribution is -2.26. The Hall–Kier alpha value is -1.85. The summed E-state index contributed by atoms with van der Waals surface area (Å²) in [5, 5.41) is 2.40. The molecule has 0 spiro atoms. The average molecular weight is 257 g/mol. The molecule has 0 aliphatic rings. The Morgan fingerprint density at radius 2 is 1.94 bits per heavy atom. The molecule has 0 saturated carbocycles. The second kappa shape index (κ2) is 9.21. The minimum absolute atomic E-state index is 0.106. The lowest BCUT2D eigenvalue weighted by molar-refractivity contribution is -0.140. The van der Waals surface area contributed by atoms with E-state index in [-0.39, 0.29) is 30.6 Å². The maximum Gasteiger partial charge on any atom is 0.354 e. The van der Waals surface area contributed by atoms with Gasteiger partial charge in [-0.2, -0.15) is 0 Å². The van der Waals surface area contributed by atoms with Crippen LogP contribution in [0.4, 0.5) is 0 Å². The number of methoxy groups -OCH3 is 1. The molecule has 0 aliphatic carbocycles. The fourth-order valence-corrected chi connectivity index (χ4v) is 1.18. The summed E-state index contributed by atoms with van der Waals surface area (Å²) in [6.07, 6.45) is 2.82. The summed E-state index contributed by atoms with van der Waals surface area (Å²) in [7, 11) is 1.32. The first-order chi connectivity index (χ1) is 8.51. The first-order valence-corrected chi connectivity index (χ1v) is 5.73. The van der Waals surface area contributed by atoms with Crippen molar-refractivity contribution in [3.8, 4) is 0 Å². The predicted octanol–water partition coefficient (Wildman–Crippen LogP) is 0.913. The number of carbonyl (C=O) groups excluding carboxylic acids is 3. The quantitative estimate of drug-likeness (QED) is 0.416. The lowest BCUT2D eigenvalue weighted by atomic mass is 10.2. The number of amides is 1. The molecule has 1 N–H and O–H groups in total. The SMILES string of the molecule is CCOC(=O)/C(=C/CCCC(=O)OC)NC(C)=O. The van der Waals surface area contributed by atoms with Crippen molar-refractivity contribution in [1.82, 2.24) is 5.32 Å². The van der Waals surface area contributed by atoms with Gasteiger partial charge in [0.1, 0.15) is 5.70 Å². The molecule has 102 valence electrons. The van der Waals surface area contributed by atoms with Gasteiger partial charge in [0.25, 0.3) is 0 Å². The fraction of sp³-hybridized carbons (Fsp3) is 0.583. The number of rotatable bonds is 7. The van der Waals surface area contributed by atoms with Crippen molar-refractivity contribution in [2.75, 3.05) is 13.7 Å². The van der Waals surface area contributed by atoms with Gasteiger partial charge in [-0.1, -0.05) is 6.08 Å². The van der Waals surface area contributed by atoms with Crippen LogP contribution < -0.4 is 5.32 Å². The minimum atomic E-state index is -0.578. The van der Waals surface area contributed by atoms with Crippen LogP contribution in [0.2, 0.25) is 0 Å². The Labute approximate surface area is 106 Å². The normalized spacial score (nSPS) is 10.7. The van der Waals surface area contributed by atoms with Gasteiger partial charge in [-0.25, -0.2) is 4.79 Å². The summed E-state index contributed by atoms with van der Waals surface area (Å²) in [5.41, 5.74) is 0.106. The predicted molar refractivity (Wildman–Crippen MR) is 64.4 cm³/mol. The van der Waals surface area contributed by atoms with Crippen LogP contribution in [-0.2, 0) is 23.9 Å². The number of hydrogen-bond acceptors (Lipinski definition) is 5. The summed E-state index contributed by atoms with van der Waals surface area (Å²) in [6, 6.07) is 0. The zero-order valence-corrected chi connectivity index (χ0v) is 10.9. The smallest absolute Gasteiger partial charge is 0.354 e. The number of esters is 2. The van der Waals surface area contributed by atoms with E-state index >= 15 is 0 Å². The Balaban J connectivity index is 4.32. The summed E-state index contributed by atoms with van der Waals surface area (Å²) in [5.74, 6) is -1.23. The van der Waals surface area contributed by atoms with E-state index in [2.05, 4.69) is 10.1 Å². The molecule has 0 aromatic rings. The van der Waals surface area contributed by atoms with Crippen LogP contribution in [0.25, 0.3) is 0 Å². The van der Waals surface area contributed by atoms with Gasteiger partial charge in [0.15, 0.2) is 0 Å². The molecule has 0 aliphatic heterocycles. The summed E-state index contributed by atoms with van der Waals surface area (Å²) < 4.78 is 9.28. The molecule has 0 saturated heterocycles. The van der Waals surface area contributed by atoms with Gasteiger partial charge >= 0.3 is 11.9 Å². The largest absolute Gasteiger partial charge is 0.469 e. The van der Waals surface area contributed by atoms with E-state index in [0.717, 1.165) is 0 Å². The van der Waals surface area contributed by atoms with E-state index in [0.29, 0.717) is 12.8 Å². The highest BCUT2D eigenvalue weighted by Crippen LogP contribution is 2.03. The van der Waals surface area contributed by atoms with Gasteiger partial charge in [-0.3, -0.25) is 9.59 Å². The standard InChI is InChI=1S/C12H19NO5/c1-4-18-12(16)10(13-9(2)14)7-5-6-8-11(15)17-3/h7H,4-6,8H2,1-3H3,(H,13,14)/b10-7-. The van der Waals surface area contributed by atoms with Crippen molar-refractivity contribution in [3.05, 3.63) is 11.8 Å². The summed E-state index contributed by atoms with van der Waals surface area (Å²) in [4.78, 5) is 33.2. The minimum Gasteiger partial charge on any atom is -0.469 e. The lowest BCUT2D eigenvalue weighted by Gasteiger charge is -2.07. The third-order valence-electron chi connectivity index (χ3n) is 1.97. The average Bonchev–Trinajstić information content (AvgIpc) is 2.32. The van der Waals surface area contributed by atoms with Crippen LogP contribution in [0.1, 0.15) is 33.1 Å². The van der Waals surface area contributed by atoms with Crippen molar-refractivity contribution >= 4 is 17.8 Å². The van der Waals surface area contributed by atoms with Crippen LogP contribution in [-0.4, -0.2) is 31.6 Å². The van der Waals surface area contributed by atoms with Crippen LogP contribution in [0.5, 0.6) is 0 Å². The molecule has 6 heteroatoms. The maximum absolute atomic E-state index is 11.5. The monoisotopic (exact) mass is 257 g/mol. The van der Waals surface area contributed by atoms with E-state index in [1.165, 1.54) is 14.0 Å². The number of allylic oxidation sites excluding steroid dienone is 1. The highest BCUT2D eigenvalue weighted by atomic mass is 16.5. The molecule has 0 fully saturated rings. The van der Waals surface area contributed by atoms with E-state index in [4.69, 9.17) is 4.74 Å². The molecule has 18 heavy (non-hydrogen) atoms. The second-order valence-corrected chi connectivity index (χ2v) is 3.49. The molecule has 0 bridgehead atoms. The number of nitrogens with one attached hydrogen (secondary N) is 1. The van der Waals surface area contributed by atoms with Gasteiger partial charge < -0.3 is 14.8 Å². The third kappa shape index (κ3) is 7.43. The van der Waals surface area contributed by atoms with E-state index in [9.17, 15) is 14.4 Å². The van der Waals surface area contributed by atoms with Crippen molar-refractivity contribution in [1.29, 1.82) is 0 Å². The molecule has 0 atom stereocenters. The van der Waals surface area contributed by atoms with Crippen LogP contribution >= 0.6 is 0 Å². The van der Waals surface area contributed by atoms with Gasteiger partial charge in [-0.15, -0.1) is 0 Å². The zero-order valence-electron chi connectivity index (χ0n) is 10.9. The van der Waals surface area contributed by atoms with Crippen molar-refractivity contribution < 1.29 is 23.9 Å². The molecule has 0 unspecified atom stereocenters. The first-order valence-electron chi connectivity index (χ1n) is 5.73. The van der Waals surface area contributed by atoms with E-state index in [1.807, 2.05) is 0 Å². The number of unbranched alkanes of at least 4 members (excludes halogenated alkanes) is 1. The molecule has 0 radical (unpaired) electrons. The van der Waals surface area contributed by atoms with Gasteiger partial charge in [-0.05, 0) is 19.8 Å². The topological polar surface area (TPSA) is 81.7 Å². The van der Waals surface area contributed by atoms with Gasteiger partial charge in [0.2, 0.25) is 5.91 Å². The third-order valence-corrected chi connectivity index (χ3v) is 1.97. The molecule has 1 amide bonds. The van der Waals surface area contributed by atoms with Gasteiger partial charge in [0, 0.05) is 13.3 Å².